The zero-order chi connectivity index (χ0) is 15.7. The lowest BCUT2D eigenvalue weighted by atomic mass is 10.2. The molecular weight excluding hydrogens is 295 g/mol. The minimum Gasteiger partial charge on any atom is -0.373 e. The molecule has 0 radical (unpaired) electrons. The van der Waals surface area contributed by atoms with Gasteiger partial charge in [-0.3, -0.25) is 0 Å². The van der Waals surface area contributed by atoms with Gasteiger partial charge in [-0.1, -0.05) is 17.3 Å². The van der Waals surface area contributed by atoms with E-state index >= 15 is 0 Å². The zero-order valence-corrected chi connectivity index (χ0v) is 11.6. The molecule has 0 saturated carbocycles. The smallest absolute Gasteiger partial charge is 0.373 e. The summed E-state index contributed by atoms with van der Waals surface area (Å²) < 4.78 is 39.3. The fourth-order valence-electron chi connectivity index (χ4n) is 2.18. The fourth-order valence-corrected chi connectivity index (χ4v) is 2.18. The lowest BCUT2D eigenvalue weighted by molar-refractivity contribution is -0.127. The second-order valence-electron chi connectivity index (χ2n) is 4.75. The molecule has 0 bridgehead atoms. The van der Waals surface area contributed by atoms with Gasteiger partial charge in [0.1, 0.15) is 11.3 Å². The van der Waals surface area contributed by atoms with E-state index in [0.717, 1.165) is 0 Å². The molecule has 8 heteroatoms. The Bertz CT molecular complexity index is 810. The summed E-state index contributed by atoms with van der Waals surface area (Å²) in [6, 6.07) is 9.92. The van der Waals surface area contributed by atoms with Crippen molar-refractivity contribution in [1.82, 2.24) is 20.0 Å². The van der Waals surface area contributed by atoms with E-state index in [1.807, 2.05) is 6.07 Å². The Morgan fingerprint density at radius 2 is 1.95 bits per heavy atom. The number of anilines is 1. The van der Waals surface area contributed by atoms with Crippen LogP contribution >= 0.6 is 0 Å². The maximum Gasteiger partial charge on any atom is 0.393 e. The molecular formula is C14H12F3N5. The molecule has 3 aromatic rings. The third-order valence-corrected chi connectivity index (χ3v) is 3.10. The molecule has 0 aliphatic carbocycles. The number of fused-ring (bicyclic) bond motifs is 1. The maximum atomic E-state index is 12.6. The topological polar surface area (TPSA) is 55.6 Å². The van der Waals surface area contributed by atoms with Crippen molar-refractivity contribution in [3.63, 3.8) is 0 Å². The van der Waals surface area contributed by atoms with Crippen LogP contribution in [0.2, 0.25) is 0 Å². The molecule has 0 saturated heterocycles. The second-order valence-corrected chi connectivity index (χ2v) is 4.75. The van der Waals surface area contributed by atoms with Gasteiger partial charge in [0.05, 0.1) is 11.9 Å². The second kappa shape index (κ2) is 5.28. The van der Waals surface area contributed by atoms with Gasteiger partial charge in [0.2, 0.25) is 0 Å². The van der Waals surface area contributed by atoms with Crippen molar-refractivity contribution in [2.75, 3.05) is 12.4 Å². The van der Waals surface area contributed by atoms with Crippen LogP contribution < -0.4 is 5.32 Å². The summed E-state index contributed by atoms with van der Waals surface area (Å²) in [5.41, 5.74) is 1.44. The SMILES string of the molecule is CNc1cc(CC(F)(F)F)cc(-n2nnc3ccccc32)n1. The van der Waals surface area contributed by atoms with Crippen LogP contribution in [0.5, 0.6) is 0 Å². The quantitative estimate of drug-likeness (QED) is 0.808. The van der Waals surface area contributed by atoms with Crippen LogP contribution in [-0.2, 0) is 6.42 Å². The van der Waals surface area contributed by atoms with Crippen LogP contribution in [0.1, 0.15) is 5.56 Å². The van der Waals surface area contributed by atoms with Gasteiger partial charge >= 0.3 is 6.18 Å². The number of alkyl halides is 3. The summed E-state index contributed by atoms with van der Waals surface area (Å²) in [7, 11) is 1.60. The van der Waals surface area contributed by atoms with Crippen molar-refractivity contribution in [1.29, 1.82) is 0 Å². The van der Waals surface area contributed by atoms with Crippen LogP contribution in [0.3, 0.4) is 0 Å². The van der Waals surface area contributed by atoms with Crippen molar-refractivity contribution in [2.24, 2.45) is 0 Å². The average Bonchev–Trinajstić information content (AvgIpc) is 2.89. The van der Waals surface area contributed by atoms with Gasteiger partial charge in [0.25, 0.3) is 0 Å². The fraction of sp³-hybridized carbons (Fsp3) is 0.214. The van der Waals surface area contributed by atoms with Gasteiger partial charge in [-0.05, 0) is 29.8 Å². The van der Waals surface area contributed by atoms with Crippen molar-refractivity contribution < 1.29 is 13.2 Å². The average molecular weight is 307 g/mol. The monoisotopic (exact) mass is 307 g/mol. The molecule has 114 valence electrons. The summed E-state index contributed by atoms with van der Waals surface area (Å²) >= 11 is 0. The highest BCUT2D eigenvalue weighted by Gasteiger charge is 2.28. The molecule has 0 fully saturated rings. The molecule has 2 aromatic heterocycles. The van der Waals surface area contributed by atoms with Gasteiger partial charge in [0, 0.05) is 7.05 Å². The normalized spacial score (nSPS) is 11.8. The molecule has 0 unspecified atom stereocenters. The number of nitrogens with one attached hydrogen (secondary N) is 1. The summed E-state index contributed by atoms with van der Waals surface area (Å²) in [4.78, 5) is 4.26. The molecule has 22 heavy (non-hydrogen) atoms. The molecule has 1 N–H and O–H groups in total. The Morgan fingerprint density at radius 1 is 1.18 bits per heavy atom. The number of hydrogen-bond acceptors (Lipinski definition) is 4. The van der Waals surface area contributed by atoms with Crippen LogP contribution in [0.15, 0.2) is 36.4 Å². The molecule has 2 heterocycles. The molecule has 1 aromatic carbocycles. The molecule has 0 atom stereocenters. The third-order valence-electron chi connectivity index (χ3n) is 3.10. The third kappa shape index (κ3) is 2.85. The van der Waals surface area contributed by atoms with Crippen LogP contribution in [0.4, 0.5) is 19.0 Å². The van der Waals surface area contributed by atoms with E-state index in [9.17, 15) is 13.2 Å². The molecule has 0 spiro atoms. The molecule has 0 aliphatic heterocycles. The summed E-state index contributed by atoms with van der Waals surface area (Å²) in [5, 5.41) is 10.7. The Kier molecular flexibility index (Phi) is 3.44. The highest BCUT2D eigenvalue weighted by molar-refractivity contribution is 5.75. The number of benzene rings is 1. The largest absolute Gasteiger partial charge is 0.393 e. The Hall–Kier alpha value is -2.64. The van der Waals surface area contributed by atoms with E-state index in [-0.39, 0.29) is 5.56 Å². The van der Waals surface area contributed by atoms with Gasteiger partial charge < -0.3 is 5.32 Å². The molecule has 0 aliphatic rings. The summed E-state index contributed by atoms with van der Waals surface area (Å²) in [6.07, 6.45) is -5.31. The number of halogens is 3. The highest BCUT2D eigenvalue weighted by Crippen LogP contribution is 2.24. The van der Waals surface area contributed by atoms with Crippen LogP contribution in [-0.4, -0.2) is 33.2 Å². The lowest BCUT2D eigenvalue weighted by Crippen LogP contribution is -2.13. The number of pyridine rings is 1. The van der Waals surface area contributed by atoms with Gasteiger partial charge in [0.15, 0.2) is 5.82 Å². The molecule has 3 rings (SSSR count). The lowest BCUT2D eigenvalue weighted by Gasteiger charge is -2.10. The van der Waals surface area contributed by atoms with E-state index in [0.29, 0.717) is 22.7 Å². The van der Waals surface area contributed by atoms with Crippen molar-refractivity contribution in [3.05, 3.63) is 42.0 Å². The van der Waals surface area contributed by atoms with E-state index in [1.54, 1.807) is 25.2 Å². The predicted molar refractivity (Wildman–Crippen MR) is 76.0 cm³/mol. The van der Waals surface area contributed by atoms with Crippen molar-refractivity contribution in [3.8, 4) is 5.82 Å². The van der Waals surface area contributed by atoms with Gasteiger partial charge in [-0.15, -0.1) is 5.10 Å². The van der Waals surface area contributed by atoms with Crippen molar-refractivity contribution >= 4 is 16.9 Å². The predicted octanol–water partition coefficient (Wildman–Crippen LogP) is 2.96. The number of nitrogens with zero attached hydrogens (tertiary/aromatic N) is 4. The summed E-state index contributed by atoms with van der Waals surface area (Å²) in [6.45, 7) is 0. The minimum atomic E-state index is -4.28. The number of aromatic nitrogens is 4. The minimum absolute atomic E-state index is 0.112. The van der Waals surface area contributed by atoms with E-state index in [4.69, 9.17) is 0 Å². The summed E-state index contributed by atoms with van der Waals surface area (Å²) in [5.74, 6) is 0.635. The van der Waals surface area contributed by atoms with Gasteiger partial charge in [-0.25, -0.2) is 4.98 Å². The van der Waals surface area contributed by atoms with E-state index < -0.39 is 12.6 Å². The molecule has 5 nitrogen and oxygen atoms in total. The Balaban J connectivity index is 2.11. The van der Waals surface area contributed by atoms with E-state index in [1.165, 1.54) is 16.8 Å². The Labute approximate surface area is 123 Å². The Morgan fingerprint density at radius 3 is 2.68 bits per heavy atom. The van der Waals surface area contributed by atoms with Crippen LogP contribution in [0, 0.1) is 0 Å². The highest BCUT2D eigenvalue weighted by atomic mass is 19.4. The van der Waals surface area contributed by atoms with E-state index in [2.05, 4.69) is 20.6 Å². The molecule has 0 amide bonds. The van der Waals surface area contributed by atoms with Crippen molar-refractivity contribution in [2.45, 2.75) is 12.6 Å². The first kappa shape index (κ1) is 14.3. The number of hydrogen-bond donors (Lipinski definition) is 1. The maximum absolute atomic E-state index is 12.6. The number of rotatable bonds is 3. The van der Waals surface area contributed by atoms with Crippen LogP contribution in [0.25, 0.3) is 16.9 Å². The first-order valence-electron chi connectivity index (χ1n) is 6.52. The zero-order valence-electron chi connectivity index (χ0n) is 11.6. The van der Waals surface area contributed by atoms with Gasteiger partial charge in [-0.2, -0.15) is 17.9 Å². The first-order valence-corrected chi connectivity index (χ1v) is 6.52. The standard InChI is InChI=1S/C14H12F3N5/c1-18-12-6-9(8-14(15,16)17)7-13(19-12)22-11-5-3-2-4-10(11)20-21-22/h2-7H,8H2,1H3,(H,18,19). The first-order chi connectivity index (χ1) is 10.5. The number of para-hydroxylation sites is 1.